The van der Waals surface area contributed by atoms with E-state index < -0.39 is 0 Å². The lowest BCUT2D eigenvalue weighted by atomic mass is 10.1. The molecule has 9 heteroatoms. The molecule has 0 unspecified atom stereocenters. The predicted molar refractivity (Wildman–Crippen MR) is 97.1 cm³/mol. The first-order chi connectivity index (χ1) is 12.4. The minimum absolute atomic E-state index is 0.000736. The zero-order chi connectivity index (χ0) is 18.7. The Morgan fingerprint density at radius 1 is 1.31 bits per heavy atom. The summed E-state index contributed by atoms with van der Waals surface area (Å²) in [7, 11) is 0. The highest BCUT2D eigenvalue weighted by Gasteiger charge is 2.13. The number of hydrogen-bond donors (Lipinski definition) is 0. The van der Waals surface area contributed by atoms with Crippen LogP contribution < -0.4 is 4.87 Å². The molecular weight excluding hydrogens is 354 g/mol. The fourth-order valence-corrected chi connectivity index (χ4v) is 3.15. The summed E-state index contributed by atoms with van der Waals surface area (Å²) in [6, 6.07) is 6.92. The molecule has 0 radical (unpaired) electrons. The van der Waals surface area contributed by atoms with Gasteiger partial charge in [0.2, 0.25) is 5.82 Å². The third-order valence-electron chi connectivity index (χ3n) is 3.65. The molecule has 0 bridgehead atoms. The van der Waals surface area contributed by atoms with Gasteiger partial charge in [0.05, 0.1) is 18.2 Å². The first-order valence-corrected chi connectivity index (χ1v) is 9.06. The Balaban J connectivity index is 1.73. The minimum Gasteiger partial charge on any atom is -0.459 e. The molecule has 136 valence electrons. The maximum absolute atomic E-state index is 12.0. The lowest BCUT2D eigenvalue weighted by molar-refractivity contribution is 0.0378. The topological polar surface area (TPSA) is 91.9 Å². The molecule has 0 aliphatic heterocycles. The van der Waals surface area contributed by atoms with E-state index in [9.17, 15) is 9.59 Å². The van der Waals surface area contributed by atoms with Crippen molar-refractivity contribution in [2.24, 2.45) is 0 Å². The third kappa shape index (κ3) is 4.05. The molecule has 0 aliphatic rings. The molecule has 0 amide bonds. The van der Waals surface area contributed by atoms with Crippen LogP contribution in [0.25, 0.3) is 11.4 Å². The molecule has 8 nitrogen and oxygen atoms in total. The zero-order valence-corrected chi connectivity index (χ0v) is 15.6. The summed E-state index contributed by atoms with van der Waals surface area (Å²) in [6.45, 7) is 6.40. The van der Waals surface area contributed by atoms with Crippen LogP contribution in [0.15, 0.2) is 34.4 Å². The zero-order valence-electron chi connectivity index (χ0n) is 14.7. The van der Waals surface area contributed by atoms with Crippen LogP contribution >= 0.6 is 11.3 Å². The fraction of sp³-hybridized carbons (Fsp3) is 0.353. The van der Waals surface area contributed by atoms with Gasteiger partial charge in [-0.25, -0.2) is 4.79 Å². The summed E-state index contributed by atoms with van der Waals surface area (Å²) in [5.41, 5.74) is 2.03. The van der Waals surface area contributed by atoms with E-state index in [-0.39, 0.29) is 16.9 Å². The molecular formula is C17H19N5O3S. The van der Waals surface area contributed by atoms with Gasteiger partial charge in [0.1, 0.15) is 0 Å². The highest BCUT2D eigenvalue weighted by Crippen LogP contribution is 2.16. The first kappa shape index (κ1) is 18.0. The second-order valence-corrected chi connectivity index (χ2v) is 6.86. The molecule has 0 atom stereocenters. The number of carbonyl (C=O) groups excluding carboxylic acids is 1. The summed E-state index contributed by atoms with van der Waals surface area (Å²) in [4.78, 5) is 25.2. The van der Waals surface area contributed by atoms with E-state index in [0.29, 0.717) is 30.0 Å². The summed E-state index contributed by atoms with van der Waals surface area (Å²) in [5, 5.41) is 14.2. The van der Waals surface area contributed by atoms with Crippen molar-refractivity contribution >= 4 is 17.3 Å². The first-order valence-electron chi connectivity index (χ1n) is 8.18. The van der Waals surface area contributed by atoms with Gasteiger partial charge in [0, 0.05) is 23.2 Å². The van der Waals surface area contributed by atoms with Crippen LogP contribution in [0.5, 0.6) is 0 Å². The quantitative estimate of drug-likeness (QED) is 0.615. The monoisotopic (exact) mass is 373 g/mol. The van der Waals surface area contributed by atoms with E-state index >= 15 is 0 Å². The Labute approximate surface area is 154 Å². The maximum Gasteiger partial charge on any atom is 0.338 e. The Morgan fingerprint density at radius 2 is 2.12 bits per heavy atom. The van der Waals surface area contributed by atoms with Crippen LogP contribution in [0.3, 0.4) is 0 Å². The molecule has 0 saturated heterocycles. The third-order valence-corrected chi connectivity index (χ3v) is 4.53. The molecule has 0 spiro atoms. The van der Waals surface area contributed by atoms with Gasteiger partial charge in [-0.15, -0.1) is 10.2 Å². The van der Waals surface area contributed by atoms with E-state index in [1.807, 2.05) is 12.3 Å². The molecule has 2 heterocycles. The lowest BCUT2D eigenvalue weighted by Gasteiger charge is -2.08. The standard InChI is InChI=1S/C17H19N5O3S/c1-11(2)25-16(23)14-6-4-5-13(9-14)15-18-20-22(19-15)8-7-21-12(3)10-26-17(21)24/h4-6,9-11H,7-8H2,1-3H3. The van der Waals surface area contributed by atoms with Crippen LogP contribution in [0.4, 0.5) is 0 Å². The number of tetrazole rings is 1. The number of aromatic nitrogens is 5. The fourth-order valence-electron chi connectivity index (χ4n) is 2.38. The van der Waals surface area contributed by atoms with Gasteiger partial charge in [-0.3, -0.25) is 4.79 Å². The maximum atomic E-state index is 12.0. The Hall–Kier alpha value is -2.81. The van der Waals surface area contributed by atoms with Crippen molar-refractivity contribution in [3.8, 4) is 11.4 Å². The average molecular weight is 373 g/mol. The van der Waals surface area contributed by atoms with E-state index in [2.05, 4.69) is 15.4 Å². The van der Waals surface area contributed by atoms with Gasteiger partial charge in [-0.2, -0.15) is 4.80 Å². The van der Waals surface area contributed by atoms with Gasteiger partial charge < -0.3 is 9.30 Å². The second kappa shape index (κ2) is 7.61. The highest BCUT2D eigenvalue weighted by molar-refractivity contribution is 7.07. The van der Waals surface area contributed by atoms with Gasteiger partial charge >= 0.3 is 10.8 Å². The van der Waals surface area contributed by atoms with Crippen molar-refractivity contribution in [2.75, 3.05) is 0 Å². The number of carbonyl (C=O) groups is 1. The molecule has 0 fully saturated rings. The molecule has 0 saturated carbocycles. The SMILES string of the molecule is Cc1csc(=O)n1CCn1nnc(-c2cccc(C(=O)OC(C)C)c2)n1. The van der Waals surface area contributed by atoms with Crippen molar-refractivity contribution in [2.45, 2.75) is 40.0 Å². The Bertz CT molecular complexity index is 973. The smallest absolute Gasteiger partial charge is 0.338 e. The van der Waals surface area contributed by atoms with Crippen molar-refractivity contribution in [3.63, 3.8) is 0 Å². The number of aryl methyl sites for hydroxylation is 2. The molecule has 26 heavy (non-hydrogen) atoms. The molecule has 3 rings (SSSR count). The van der Waals surface area contributed by atoms with Gasteiger partial charge in [-0.1, -0.05) is 23.5 Å². The number of nitrogens with zero attached hydrogens (tertiary/aromatic N) is 5. The van der Waals surface area contributed by atoms with Crippen LogP contribution in [0, 0.1) is 6.92 Å². The number of benzene rings is 1. The van der Waals surface area contributed by atoms with Crippen molar-refractivity contribution in [3.05, 3.63) is 50.6 Å². The number of rotatable bonds is 6. The van der Waals surface area contributed by atoms with Crippen LogP contribution in [-0.4, -0.2) is 36.8 Å². The summed E-state index contributed by atoms with van der Waals surface area (Å²) >= 11 is 1.17. The molecule has 2 aromatic heterocycles. The predicted octanol–water partition coefficient (Wildman–Crippen LogP) is 2.14. The van der Waals surface area contributed by atoms with Crippen molar-refractivity contribution in [1.29, 1.82) is 0 Å². The van der Waals surface area contributed by atoms with Crippen LogP contribution in [-0.2, 0) is 17.8 Å². The van der Waals surface area contributed by atoms with Gasteiger partial charge in [0.25, 0.3) is 0 Å². The normalized spacial score (nSPS) is 11.1. The van der Waals surface area contributed by atoms with Gasteiger partial charge in [-0.05, 0) is 38.1 Å². The van der Waals surface area contributed by atoms with Crippen molar-refractivity contribution in [1.82, 2.24) is 24.8 Å². The molecule has 0 N–H and O–H groups in total. The molecule has 3 aromatic rings. The van der Waals surface area contributed by atoms with E-state index in [1.165, 1.54) is 16.1 Å². The van der Waals surface area contributed by atoms with E-state index in [0.717, 1.165) is 5.69 Å². The number of esters is 1. The largest absolute Gasteiger partial charge is 0.459 e. The Morgan fingerprint density at radius 3 is 2.81 bits per heavy atom. The number of ether oxygens (including phenoxy) is 1. The highest BCUT2D eigenvalue weighted by atomic mass is 32.1. The van der Waals surface area contributed by atoms with E-state index in [4.69, 9.17) is 4.74 Å². The second-order valence-electron chi connectivity index (χ2n) is 6.04. The van der Waals surface area contributed by atoms with Crippen molar-refractivity contribution < 1.29 is 9.53 Å². The average Bonchev–Trinajstić information content (AvgIpc) is 3.20. The lowest BCUT2D eigenvalue weighted by Crippen LogP contribution is -2.19. The molecule has 0 aliphatic carbocycles. The van der Waals surface area contributed by atoms with Gasteiger partial charge in [0.15, 0.2) is 0 Å². The van der Waals surface area contributed by atoms with E-state index in [1.54, 1.807) is 42.7 Å². The van der Waals surface area contributed by atoms with Crippen LogP contribution in [0.2, 0.25) is 0 Å². The number of hydrogen-bond acceptors (Lipinski definition) is 7. The summed E-state index contributed by atoms with van der Waals surface area (Å²) in [5.74, 6) is 0.0279. The summed E-state index contributed by atoms with van der Waals surface area (Å²) in [6.07, 6.45) is -0.186. The van der Waals surface area contributed by atoms with Crippen LogP contribution in [0.1, 0.15) is 29.9 Å². The summed E-state index contributed by atoms with van der Waals surface area (Å²) < 4.78 is 6.88. The Kier molecular flexibility index (Phi) is 5.27. The number of thiazole rings is 1. The minimum atomic E-state index is -0.387. The molecule has 1 aromatic carbocycles.